The fraction of sp³-hybridized carbons (Fsp3) is 0.127. The van der Waals surface area contributed by atoms with Crippen LogP contribution in [0.15, 0.2) is 170 Å². The van der Waals surface area contributed by atoms with E-state index in [9.17, 15) is 0 Å². The lowest BCUT2D eigenvalue weighted by Crippen LogP contribution is -2.18. The van der Waals surface area contributed by atoms with Crippen LogP contribution in [-0.4, -0.2) is 0 Å². The Hall–Kier alpha value is -6.64. The number of para-hydroxylation sites is 2. The van der Waals surface area contributed by atoms with Crippen molar-refractivity contribution in [2.24, 2.45) is 0 Å². The number of hydrogen-bond donors (Lipinski definition) is 0. The van der Waals surface area contributed by atoms with Gasteiger partial charge in [0.2, 0.25) is 0 Å². The molecule has 0 fully saturated rings. The zero-order valence-corrected chi connectivity index (χ0v) is 32.9. The molecule has 8 aromatic carbocycles. The maximum absolute atomic E-state index is 6.65. The van der Waals surface area contributed by atoms with Crippen molar-refractivity contribution < 1.29 is 9.47 Å². The van der Waals surface area contributed by atoms with Crippen LogP contribution in [0.4, 0.5) is 0 Å². The van der Waals surface area contributed by atoms with Crippen LogP contribution in [0.3, 0.4) is 0 Å². The van der Waals surface area contributed by atoms with E-state index in [2.05, 4.69) is 198 Å². The first kappa shape index (κ1) is 34.8. The molecular weight excluding hydrogens is 693 g/mol. The van der Waals surface area contributed by atoms with Crippen molar-refractivity contribution in [1.82, 2.24) is 0 Å². The van der Waals surface area contributed by atoms with E-state index in [0.29, 0.717) is 0 Å². The summed E-state index contributed by atoms with van der Waals surface area (Å²) < 4.78 is 13.3. The van der Waals surface area contributed by atoms with Gasteiger partial charge in [0.25, 0.3) is 0 Å². The topological polar surface area (TPSA) is 18.5 Å². The molecule has 0 heterocycles. The van der Waals surface area contributed by atoms with E-state index in [1.54, 1.807) is 0 Å². The minimum absolute atomic E-state index is 0.234. The van der Waals surface area contributed by atoms with E-state index >= 15 is 0 Å². The fourth-order valence-electron chi connectivity index (χ4n) is 9.23. The van der Waals surface area contributed by atoms with Crippen molar-refractivity contribution in [2.45, 2.75) is 46.0 Å². The summed E-state index contributed by atoms with van der Waals surface area (Å²) in [6.07, 6.45) is 1.87. The molecule has 10 rings (SSSR count). The molecule has 0 atom stereocenters. The smallest absolute Gasteiger partial charge is 0.135 e. The summed E-state index contributed by atoms with van der Waals surface area (Å²) in [5, 5.41) is 0. The van der Waals surface area contributed by atoms with E-state index in [4.69, 9.17) is 9.47 Å². The van der Waals surface area contributed by atoms with Crippen molar-refractivity contribution in [3.8, 4) is 67.5 Å². The average Bonchev–Trinajstić information content (AvgIpc) is 3.83. The van der Waals surface area contributed by atoms with Gasteiger partial charge in [-0.25, -0.2) is 0 Å². The largest absolute Gasteiger partial charge is 0.457 e. The fourth-order valence-corrected chi connectivity index (χ4v) is 9.23. The zero-order valence-electron chi connectivity index (χ0n) is 32.9. The number of aryl methyl sites for hydroxylation is 2. The lowest BCUT2D eigenvalue weighted by molar-refractivity contribution is 0.483. The Bertz CT molecular complexity index is 2630. The lowest BCUT2D eigenvalue weighted by Gasteiger charge is -2.26. The second kappa shape index (κ2) is 13.8. The van der Waals surface area contributed by atoms with Crippen molar-refractivity contribution in [2.75, 3.05) is 0 Å². The minimum atomic E-state index is -0.234. The molecule has 57 heavy (non-hydrogen) atoms. The summed E-state index contributed by atoms with van der Waals surface area (Å²) in [6.45, 7) is 8.98. The molecule has 2 aliphatic rings. The van der Waals surface area contributed by atoms with E-state index in [1.807, 2.05) is 0 Å². The van der Waals surface area contributed by atoms with Gasteiger partial charge >= 0.3 is 0 Å². The van der Waals surface area contributed by atoms with E-state index in [0.717, 1.165) is 47.0 Å². The maximum Gasteiger partial charge on any atom is 0.135 e. The standard InChI is InChI=1S/C55H44O2/c1-35-21-31-45(49-33-37-13-5-7-15-43(37)53(35)49)47-17-9-11-19-51(47)56-41-27-23-39(24-28-41)55(3,4)40-25-29-42(30-26-40)57-52-20-12-10-18-48(52)46-32-22-36(2)54-44-16-8-6-14-38(44)34-50(46)54/h5-32H,33-34H2,1-4H3. The van der Waals surface area contributed by atoms with Crippen LogP contribution >= 0.6 is 0 Å². The highest BCUT2D eigenvalue weighted by Crippen LogP contribution is 2.48. The molecule has 2 heteroatoms. The van der Waals surface area contributed by atoms with Crippen LogP contribution in [-0.2, 0) is 18.3 Å². The Morgan fingerprint density at radius 1 is 0.368 bits per heavy atom. The summed E-state index contributed by atoms with van der Waals surface area (Å²) >= 11 is 0. The average molecular weight is 737 g/mol. The summed E-state index contributed by atoms with van der Waals surface area (Å²) in [6, 6.07) is 60.6. The third-order valence-electron chi connectivity index (χ3n) is 12.3. The molecule has 0 saturated heterocycles. The van der Waals surface area contributed by atoms with Gasteiger partial charge in [0.1, 0.15) is 23.0 Å². The summed E-state index contributed by atoms with van der Waals surface area (Å²) in [4.78, 5) is 0. The number of ether oxygens (including phenoxy) is 2. The van der Waals surface area contributed by atoms with Gasteiger partial charge < -0.3 is 9.47 Å². The molecule has 0 amide bonds. The normalized spacial score (nSPS) is 12.4. The van der Waals surface area contributed by atoms with Gasteiger partial charge in [-0.05, 0) is 141 Å². The van der Waals surface area contributed by atoms with Crippen LogP contribution in [0.2, 0.25) is 0 Å². The molecule has 0 bridgehead atoms. The Morgan fingerprint density at radius 2 is 0.737 bits per heavy atom. The van der Waals surface area contributed by atoms with Crippen LogP contribution in [0.5, 0.6) is 23.0 Å². The molecule has 2 nitrogen and oxygen atoms in total. The molecule has 0 N–H and O–H groups in total. The van der Waals surface area contributed by atoms with Crippen molar-refractivity contribution in [3.63, 3.8) is 0 Å². The van der Waals surface area contributed by atoms with Crippen molar-refractivity contribution in [3.05, 3.63) is 214 Å². The molecule has 2 aliphatic carbocycles. The van der Waals surface area contributed by atoms with Gasteiger partial charge in [-0.3, -0.25) is 0 Å². The van der Waals surface area contributed by atoms with Gasteiger partial charge in [-0.15, -0.1) is 0 Å². The van der Waals surface area contributed by atoms with Gasteiger partial charge in [0.05, 0.1) is 0 Å². The second-order valence-corrected chi connectivity index (χ2v) is 16.1. The van der Waals surface area contributed by atoms with Gasteiger partial charge in [0, 0.05) is 16.5 Å². The predicted molar refractivity (Wildman–Crippen MR) is 235 cm³/mol. The number of benzene rings is 8. The SMILES string of the molecule is Cc1ccc(-c2ccccc2Oc2ccc(C(C)(C)c3ccc(Oc4ccccc4-c4ccc(C)c5c4Cc4ccccc4-5)cc3)cc2)c2c1-c1ccccc1C2. The Morgan fingerprint density at radius 3 is 1.16 bits per heavy atom. The van der Waals surface area contributed by atoms with Crippen LogP contribution in [0, 0.1) is 13.8 Å². The number of hydrogen-bond acceptors (Lipinski definition) is 2. The number of rotatable bonds is 8. The summed E-state index contributed by atoms with van der Waals surface area (Å²) in [7, 11) is 0. The van der Waals surface area contributed by atoms with Crippen LogP contribution in [0.25, 0.3) is 44.5 Å². The molecule has 0 aliphatic heterocycles. The Balaban J connectivity index is 0.876. The third-order valence-corrected chi connectivity index (χ3v) is 12.3. The second-order valence-electron chi connectivity index (χ2n) is 16.1. The highest BCUT2D eigenvalue weighted by atomic mass is 16.5. The molecule has 0 saturated carbocycles. The van der Waals surface area contributed by atoms with Crippen molar-refractivity contribution >= 4 is 0 Å². The molecule has 0 aromatic heterocycles. The molecule has 0 spiro atoms. The van der Waals surface area contributed by atoms with Gasteiger partial charge in [0.15, 0.2) is 0 Å². The van der Waals surface area contributed by atoms with Crippen molar-refractivity contribution in [1.29, 1.82) is 0 Å². The predicted octanol–water partition coefficient (Wildman–Crippen LogP) is 14.7. The zero-order chi connectivity index (χ0) is 38.7. The monoisotopic (exact) mass is 736 g/mol. The first-order valence-electron chi connectivity index (χ1n) is 20.0. The molecule has 276 valence electrons. The summed E-state index contributed by atoms with van der Waals surface area (Å²) in [5.74, 6) is 3.36. The lowest BCUT2D eigenvalue weighted by atomic mass is 9.78. The third kappa shape index (κ3) is 6.04. The summed E-state index contributed by atoms with van der Waals surface area (Å²) in [5.41, 5.74) is 20.5. The Kier molecular flexibility index (Phi) is 8.45. The first-order valence-corrected chi connectivity index (χ1v) is 20.0. The van der Waals surface area contributed by atoms with E-state index in [1.165, 1.54) is 77.9 Å². The molecule has 0 radical (unpaired) electrons. The van der Waals surface area contributed by atoms with E-state index in [-0.39, 0.29) is 5.41 Å². The maximum atomic E-state index is 6.65. The molecule has 0 unspecified atom stereocenters. The quantitative estimate of drug-likeness (QED) is 0.155. The van der Waals surface area contributed by atoms with Gasteiger partial charge in [-0.2, -0.15) is 0 Å². The first-order chi connectivity index (χ1) is 27.8. The molecular formula is C55H44O2. The highest BCUT2D eigenvalue weighted by molar-refractivity contribution is 5.89. The highest BCUT2D eigenvalue weighted by Gasteiger charge is 2.27. The van der Waals surface area contributed by atoms with Crippen LogP contribution < -0.4 is 9.47 Å². The van der Waals surface area contributed by atoms with Crippen LogP contribution in [0.1, 0.15) is 58.4 Å². The van der Waals surface area contributed by atoms with E-state index < -0.39 is 0 Å². The minimum Gasteiger partial charge on any atom is -0.457 e. The Labute approximate surface area is 336 Å². The number of fused-ring (bicyclic) bond motifs is 6. The molecule has 8 aromatic rings. The van der Waals surface area contributed by atoms with Gasteiger partial charge in [-0.1, -0.05) is 147 Å².